The summed E-state index contributed by atoms with van der Waals surface area (Å²) in [7, 11) is 1.58. The van der Waals surface area contributed by atoms with Crippen LogP contribution in [0.15, 0.2) is 29.6 Å². The molecule has 1 aliphatic rings. The minimum atomic E-state index is -0.243. The van der Waals surface area contributed by atoms with E-state index in [1.54, 1.807) is 31.4 Å². The van der Waals surface area contributed by atoms with Crippen LogP contribution in [0.2, 0.25) is 0 Å². The average Bonchev–Trinajstić information content (AvgIpc) is 3.40. The highest BCUT2D eigenvalue weighted by Crippen LogP contribution is 2.34. The van der Waals surface area contributed by atoms with Gasteiger partial charge in [-0.1, -0.05) is 30.6 Å². The highest BCUT2D eigenvalue weighted by molar-refractivity contribution is 7.20. The number of ether oxygens (including phenoxy) is 1. The second-order valence-electron chi connectivity index (χ2n) is 7.59. The standard InChI is InChI=1S/C22H25N5O3S2/c1-13-18(32-22(23-13)26-19(28)14-8-10-16(30-2)11-9-14)17-12-31-21(25-17)27-20(29)24-15-6-4-3-5-7-15/h8-12,15H,3-7H2,1-2H3,(H,23,26,28)(H2,24,25,27,29). The van der Waals surface area contributed by atoms with Gasteiger partial charge < -0.3 is 10.1 Å². The van der Waals surface area contributed by atoms with E-state index in [0.29, 0.717) is 21.6 Å². The smallest absolute Gasteiger partial charge is 0.321 e. The average molecular weight is 472 g/mol. The van der Waals surface area contributed by atoms with E-state index in [1.165, 1.54) is 29.1 Å². The summed E-state index contributed by atoms with van der Waals surface area (Å²) >= 11 is 2.72. The van der Waals surface area contributed by atoms with Gasteiger partial charge in [0.1, 0.15) is 5.75 Å². The number of amides is 3. The zero-order valence-electron chi connectivity index (χ0n) is 17.9. The molecule has 1 aromatic carbocycles. The molecule has 0 unspecified atom stereocenters. The number of aryl methyl sites for hydroxylation is 1. The third-order valence-corrected chi connectivity index (χ3v) is 7.12. The van der Waals surface area contributed by atoms with Gasteiger partial charge in [-0.3, -0.25) is 15.4 Å². The Kier molecular flexibility index (Phi) is 7.01. The molecule has 4 rings (SSSR count). The molecule has 2 aromatic heterocycles. The molecule has 0 radical (unpaired) electrons. The molecule has 32 heavy (non-hydrogen) atoms. The molecule has 3 N–H and O–H groups in total. The molecule has 2 heterocycles. The second kappa shape index (κ2) is 10.1. The lowest BCUT2D eigenvalue weighted by Gasteiger charge is -2.22. The van der Waals surface area contributed by atoms with Crippen molar-refractivity contribution in [3.05, 3.63) is 40.9 Å². The van der Waals surface area contributed by atoms with Gasteiger partial charge in [0.05, 0.1) is 23.4 Å². The Morgan fingerprint density at radius 1 is 1.03 bits per heavy atom. The van der Waals surface area contributed by atoms with E-state index in [-0.39, 0.29) is 18.0 Å². The fourth-order valence-corrected chi connectivity index (χ4v) is 5.29. The van der Waals surface area contributed by atoms with Crippen LogP contribution in [0.1, 0.15) is 48.2 Å². The number of nitrogens with one attached hydrogen (secondary N) is 3. The van der Waals surface area contributed by atoms with Gasteiger partial charge in [0.15, 0.2) is 10.3 Å². The number of hydrogen-bond acceptors (Lipinski definition) is 7. The summed E-state index contributed by atoms with van der Waals surface area (Å²) in [6.07, 6.45) is 5.62. The van der Waals surface area contributed by atoms with Crippen molar-refractivity contribution in [2.24, 2.45) is 0 Å². The van der Waals surface area contributed by atoms with Gasteiger partial charge in [0.2, 0.25) is 0 Å². The number of thiazole rings is 2. The predicted octanol–water partition coefficient (Wildman–Crippen LogP) is 5.29. The molecule has 168 valence electrons. The second-order valence-corrected chi connectivity index (χ2v) is 9.44. The number of methoxy groups -OCH3 is 1. The van der Waals surface area contributed by atoms with E-state index < -0.39 is 0 Å². The molecule has 0 saturated heterocycles. The van der Waals surface area contributed by atoms with Crippen molar-refractivity contribution in [3.63, 3.8) is 0 Å². The fourth-order valence-electron chi connectivity index (χ4n) is 3.60. The van der Waals surface area contributed by atoms with Crippen molar-refractivity contribution >= 4 is 44.9 Å². The van der Waals surface area contributed by atoms with Crippen molar-refractivity contribution in [1.29, 1.82) is 0 Å². The van der Waals surface area contributed by atoms with Crippen LogP contribution in [0.3, 0.4) is 0 Å². The molecule has 0 spiro atoms. The molecule has 3 amide bonds. The highest BCUT2D eigenvalue weighted by atomic mass is 32.1. The zero-order valence-corrected chi connectivity index (χ0v) is 19.6. The number of carbonyl (C=O) groups is 2. The monoisotopic (exact) mass is 471 g/mol. The largest absolute Gasteiger partial charge is 0.497 e. The Balaban J connectivity index is 1.38. The molecule has 1 aliphatic carbocycles. The van der Waals surface area contributed by atoms with Crippen LogP contribution in [0.25, 0.3) is 10.6 Å². The van der Waals surface area contributed by atoms with E-state index in [4.69, 9.17) is 4.74 Å². The van der Waals surface area contributed by atoms with Gasteiger partial charge in [-0.15, -0.1) is 11.3 Å². The number of anilines is 2. The van der Waals surface area contributed by atoms with E-state index >= 15 is 0 Å². The third-order valence-electron chi connectivity index (χ3n) is 5.27. The van der Waals surface area contributed by atoms with E-state index in [9.17, 15) is 9.59 Å². The Hall–Kier alpha value is -2.98. The SMILES string of the molecule is COc1ccc(C(=O)Nc2nc(C)c(-c3csc(NC(=O)NC4CCCCC4)n3)s2)cc1. The lowest BCUT2D eigenvalue weighted by Crippen LogP contribution is -2.38. The normalized spacial score (nSPS) is 14.1. The number of urea groups is 1. The minimum Gasteiger partial charge on any atom is -0.497 e. The summed E-state index contributed by atoms with van der Waals surface area (Å²) in [6, 6.07) is 6.90. The van der Waals surface area contributed by atoms with Gasteiger partial charge in [-0.25, -0.2) is 14.8 Å². The maximum absolute atomic E-state index is 12.5. The Morgan fingerprint density at radius 2 is 1.78 bits per heavy atom. The maximum atomic E-state index is 12.5. The fraction of sp³-hybridized carbons (Fsp3) is 0.364. The molecule has 3 aromatic rings. The molecule has 10 heteroatoms. The minimum absolute atomic E-state index is 0.216. The zero-order chi connectivity index (χ0) is 22.5. The highest BCUT2D eigenvalue weighted by Gasteiger charge is 2.18. The van der Waals surface area contributed by atoms with Gasteiger partial charge >= 0.3 is 6.03 Å². The van der Waals surface area contributed by atoms with Crippen molar-refractivity contribution < 1.29 is 14.3 Å². The molecular weight excluding hydrogens is 446 g/mol. The molecular formula is C22H25N5O3S2. The van der Waals surface area contributed by atoms with Crippen LogP contribution >= 0.6 is 22.7 Å². The topological polar surface area (TPSA) is 105 Å². The lowest BCUT2D eigenvalue weighted by molar-refractivity contribution is 0.102. The summed E-state index contributed by atoms with van der Waals surface area (Å²) in [5.74, 6) is 0.447. The molecule has 1 fully saturated rings. The Bertz CT molecular complexity index is 1090. The van der Waals surface area contributed by atoms with Crippen molar-refractivity contribution in [2.75, 3.05) is 17.7 Å². The number of nitrogens with zero attached hydrogens (tertiary/aromatic N) is 2. The number of benzene rings is 1. The van der Waals surface area contributed by atoms with Gasteiger partial charge in [-0.2, -0.15) is 0 Å². The number of hydrogen-bond donors (Lipinski definition) is 3. The van der Waals surface area contributed by atoms with Crippen molar-refractivity contribution in [2.45, 2.75) is 45.1 Å². The number of rotatable bonds is 6. The van der Waals surface area contributed by atoms with Crippen molar-refractivity contribution in [3.8, 4) is 16.3 Å². The lowest BCUT2D eigenvalue weighted by atomic mass is 9.96. The third kappa shape index (κ3) is 5.43. The molecule has 0 bridgehead atoms. The summed E-state index contributed by atoms with van der Waals surface area (Å²) < 4.78 is 5.12. The van der Waals surface area contributed by atoms with Crippen LogP contribution < -0.4 is 20.7 Å². The van der Waals surface area contributed by atoms with Crippen LogP contribution in [0, 0.1) is 6.92 Å². The first-order chi connectivity index (χ1) is 15.5. The Morgan fingerprint density at radius 3 is 2.50 bits per heavy atom. The first kappa shape index (κ1) is 22.2. The Labute approximate surface area is 194 Å². The predicted molar refractivity (Wildman–Crippen MR) is 128 cm³/mol. The number of aromatic nitrogens is 2. The summed E-state index contributed by atoms with van der Waals surface area (Å²) in [5, 5.41) is 11.6. The first-order valence-corrected chi connectivity index (χ1v) is 12.2. The number of carbonyl (C=O) groups excluding carboxylic acids is 2. The van der Waals surface area contributed by atoms with E-state index in [0.717, 1.165) is 41.9 Å². The van der Waals surface area contributed by atoms with Crippen LogP contribution in [0.5, 0.6) is 5.75 Å². The van der Waals surface area contributed by atoms with E-state index in [2.05, 4.69) is 25.9 Å². The van der Waals surface area contributed by atoms with Crippen LogP contribution in [0.4, 0.5) is 15.1 Å². The van der Waals surface area contributed by atoms with Gasteiger partial charge in [0.25, 0.3) is 5.91 Å². The first-order valence-electron chi connectivity index (χ1n) is 10.5. The summed E-state index contributed by atoms with van der Waals surface area (Å²) in [6.45, 7) is 1.87. The molecule has 0 atom stereocenters. The summed E-state index contributed by atoms with van der Waals surface area (Å²) in [5.41, 5.74) is 2.01. The van der Waals surface area contributed by atoms with Crippen LogP contribution in [-0.2, 0) is 0 Å². The molecule has 1 saturated carbocycles. The quantitative estimate of drug-likeness (QED) is 0.453. The van der Waals surface area contributed by atoms with Gasteiger partial charge in [-0.05, 0) is 44.0 Å². The van der Waals surface area contributed by atoms with Crippen molar-refractivity contribution in [1.82, 2.24) is 15.3 Å². The van der Waals surface area contributed by atoms with Gasteiger partial charge in [0, 0.05) is 17.0 Å². The van der Waals surface area contributed by atoms with Crippen LogP contribution in [-0.4, -0.2) is 35.1 Å². The molecule has 0 aliphatic heterocycles. The maximum Gasteiger partial charge on any atom is 0.321 e. The van der Waals surface area contributed by atoms with E-state index in [1.807, 2.05) is 12.3 Å². The molecule has 8 nitrogen and oxygen atoms in total. The summed E-state index contributed by atoms with van der Waals surface area (Å²) in [4.78, 5) is 34.6.